The van der Waals surface area contributed by atoms with Crippen LogP contribution in [0.2, 0.25) is 0 Å². The number of pyridine rings is 2. The third-order valence-electron chi connectivity index (χ3n) is 3.04. The molecule has 3 nitrogen and oxygen atoms in total. The first-order chi connectivity index (χ1) is 9.31. The topological polar surface area (TPSA) is 37.8 Å². The molecular weight excluding hydrogens is 234 g/mol. The van der Waals surface area contributed by atoms with Gasteiger partial charge < -0.3 is 5.32 Å². The van der Waals surface area contributed by atoms with Crippen LogP contribution in [0.3, 0.4) is 0 Å². The lowest BCUT2D eigenvalue weighted by Gasteiger charge is -2.06. The van der Waals surface area contributed by atoms with E-state index in [-0.39, 0.29) is 0 Å². The van der Waals surface area contributed by atoms with Crippen LogP contribution in [0.4, 0.5) is 5.69 Å². The van der Waals surface area contributed by atoms with E-state index in [9.17, 15) is 0 Å². The van der Waals surface area contributed by atoms with Crippen LogP contribution in [0.5, 0.6) is 0 Å². The van der Waals surface area contributed by atoms with Crippen LogP contribution in [0.15, 0.2) is 54.7 Å². The standard InChI is InChI=1S/C16H15N3/c1-12-6-8-14(10-17-12)18-11-15-9-7-13-4-2-3-5-16(13)19-15/h2-10,18H,11H2,1H3. The summed E-state index contributed by atoms with van der Waals surface area (Å²) < 4.78 is 0. The molecular formula is C16H15N3. The summed E-state index contributed by atoms with van der Waals surface area (Å²) in [7, 11) is 0. The van der Waals surface area contributed by atoms with Crippen LogP contribution in [-0.2, 0) is 6.54 Å². The molecule has 3 aromatic rings. The van der Waals surface area contributed by atoms with Gasteiger partial charge >= 0.3 is 0 Å². The first-order valence-electron chi connectivity index (χ1n) is 6.32. The van der Waals surface area contributed by atoms with Gasteiger partial charge in [-0.25, -0.2) is 0 Å². The van der Waals surface area contributed by atoms with Crippen molar-refractivity contribution < 1.29 is 0 Å². The van der Waals surface area contributed by atoms with E-state index < -0.39 is 0 Å². The van der Waals surface area contributed by atoms with E-state index in [0.717, 1.165) is 22.6 Å². The zero-order valence-corrected chi connectivity index (χ0v) is 10.8. The van der Waals surface area contributed by atoms with Gasteiger partial charge in [0.15, 0.2) is 0 Å². The zero-order valence-electron chi connectivity index (χ0n) is 10.8. The van der Waals surface area contributed by atoms with E-state index in [1.807, 2.05) is 43.5 Å². The van der Waals surface area contributed by atoms with Crippen LogP contribution < -0.4 is 5.32 Å². The Morgan fingerprint density at radius 2 is 1.89 bits per heavy atom. The second-order valence-electron chi connectivity index (χ2n) is 4.54. The van der Waals surface area contributed by atoms with Gasteiger partial charge in [-0.05, 0) is 31.2 Å². The molecule has 3 rings (SSSR count). The van der Waals surface area contributed by atoms with Gasteiger partial charge in [0.05, 0.1) is 29.6 Å². The van der Waals surface area contributed by atoms with E-state index in [1.165, 1.54) is 5.39 Å². The molecule has 0 saturated carbocycles. The lowest BCUT2D eigenvalue weighted by atomic mass is 10.2. The Morgan fingerprint density at radius 3 is 2.74 bits per heavy atom. The Bertz CT molecular complexity index is 690. The van der Waals surface area contributed by atoms with Crippen molar-refractivity contribution in [3.8, 4) is 0 Å². The Morgan fingerprint density at radius 1 is 1.00 bits per heavy atom. The molecule has 1 aromatic carbocycles. The lowest BCUT2D eigenvalue weighted by molar-refractivity contribution is 1.06. The SMILES string of the molecule is Cc1ccc(NCc2ccc3ccccc3n2)cn1. The molecule has 94 valence electrons. The molecule has 2 heterocycles. The van der Waals surface area contributed by atoms with Gasteiger partial charge in [0, 0.05) is 11.1 Å². The number of hydrogen-bond acceptors (Lipinski definition) is 3. The molecule has 2 aromatic heterocycles. The van der Waals surface area contributed by atoms with Gasteiger partial charge in [-0.15, -0.1) is 0 Å². The minimum absolute atomic E-state index is 0.704. The van der Waals surface area contributed by atoms with E-state index in [2.05, 4.69) is 33.5 Å². The minimum Gasteiger partial charge on any atom is -0.378 e. The lowest BCUT2D eigenvalue weighted by Crippen LogP contribution is -2.02. The maximum absolute atomic E-state index is 4.62. The maximum atomic E-state index is 4.62. The van der Waals surface area contributed by atoms with Crippen molar-refractivity contribution in [3.63, 3.8) is 0 Å². The summed E-state index contributed by atoms with van der Waals surface area (Å²) in [6.45, 7) is 2.68. The number of aromatic nitrogens is 2. The highest BCUT2D eigenvalue weighted by atomic mass is 14.9. The number of benzene rings is 1. The number of nitrogens with one attached hydrogen (secondary N) is 1. The molecule has 0 aliphatic heterocycles. The average molecular weight is 249 g/mol. The summed E-state index contributed by atoms with van der Waals surface area (Å²) in [5.74, 6) is 0. The highest BCUT2D eigenvalue weighted by Crippen LogP contribution is 2.13. The van der Waals surface area contributed by atoms with E-state index >= 15 is 0 Å². The van der Waals surface area contributed by atoms with E-state index in [1.54, 1.807) is 0 Å². The normalized spacial score (nSPS) is 10.6. The van der Waals surface area contributed by atoms with Crippen molar-refractivity contribution in [2.75, 3.05) is 5.32 Å². The van der Waals surface area contributed by atoms with E-state index in [0.29, 0.717) is 6.54 Å². The number of para-hydroxylation sites is 1. The van der Waals surface area contributed by atoms with Crippen LogP contribution in [0.1, 0.15) is 11.4 Å². The molecule has 1 N–H and O–H groups in total. The number of anilines is 1. The molecule has 0 bridgehead atoms. The van der Waals surface area contributed by atoms with Crippen molar-refractivity contribution >= 4 is 16.6 Å². The molecule has 0 fully saturated rings. The highest BCUT2D eigenvalue weighted by molar-refractivity contribution is 5.78. The van der Waals surface area contributed by atoms with Gasteiger partial charge in [0.1, 0.15) is 0 Å². The first-order valence-corrected chi connectivity index (χ1v) is 6.32. The fourth-order valence-corrected chi connectivity index (χ4v) is 1.97. The Kier molecular flexibility index (Phi) is 3.11. The second kappa shape index (κ2) is 5.06. The molecule has 0 spiro atoms. The predicted molar refractivity (Wildman–Crippen MR) is 78.0 cm³/mol. The largest absolute Gasteiger partial charge is 0.378 e. The third kappa shape index (κ3) is 2.71. The van der Waals surface area contributed by atoms with Gasteiger partial charge in [0.25, 0.3) is 0 Å². The van der Waals surface area contributed by atoms with Crippen molar-refractivity contribution in [3.05, 3.63) is 66.1 Å². The summed E-state index contributed by atoms with van der Waals surface area (Å²) in [6.07, 6.45) is 1.84. The van der Waals surface area contributed by atoms with Gasteiger partial charge in [-0.2, -0.15) is 0 Å². The monoisotopic (exact) mass is 249 g/mol. The molecule has 0 aliphatic carbocycles. The summed E-state index contributed by atoms with van der Waals surface area (Å²) >= 11 is 0. The first kappa shape index (κ1) is 11.7. The van der Waals surface area contributed by atoms with Crippen LogP contribution in [0, 0.1) is 6.92 Å². The van der Waals surface area contributed by atoms with Crippen molar-refractivity contribution in [1.29, 1.82) is 0 Å². The van der Waals surface area contributed by atoms with Crippen LogP contribution in [0.25, 0.3) is 10.9 Å². The quantitative estimate of drug-likeness (QED) is 0.771. The molecule has 0 radical (unpaired) electrons. The average Bonchev–Trinajstić information content (AvgIpc) is 2.46. The summed E-state index contributed by atoms with van der Waals surface area (Å²) in [5, 5.41) is 4.50. The third-order valence-corrected chi connectivity index (χ3v) is 3.04. The van der Waals surface area contributed by atoms with Gasteiger partial charge in [0.2, 0.25) is 0 Å². The second-order valence-corrected chi connectivity index (χ2v) is 4.54. The van der Waals surface area contributed by atoms with Crippen molar-refractivity contribution in [2.45, 2.75) is 13.5 Å². The van der Waals surface area contributed by atoms with E-state index in [4.69, 9.17) is 0 Å². The molecule has 19 heavy (non-hydrogen) atoms. The van der Waals surface area contributed by atoms with Crippen molar-refractivity contribution in [2.24, 2.45) is 0 Å². The molecule has 0 aliphatic rings. The van der Waals surface area contributed by atoms with Crippen LogP contribution in [-0.4, -0.2) is 9.97 Å². The number of rotatable bonds is 3. The van der Waals surface area contributed by atoms with Crippen molar-refractivity contribution in [1.82, 2.24) is 9.97 Å². The molecule has 0 saturated heterocycles. The predicted octanol–water partition coefficient (Wildman–Crippen LogP) is 3.55. The zero-order chi connectivity index (χ0) is 13.1. The molecule has 3 heteroatoms. The Hall–Kier alpha value is -2.42. The van der Waals surface area contributed by atoms with Crippen LogP contribution >= 0.6 is 0 Å². The summed E-state index contributed by atoms with van der Waals surface area (Å²) in [4.78, 5) is 8.88. The van der Waals surface area contributed by atoms with Gasteiger partial charge in [-0.1, -0.05) is 24.3 Å². The summed E-state index contributed by atoms with van der Waals surface area (Å²) in [6, 6.07) is 16.3. The molecule has 0 atom stereocenters. The van der Waals surface area contributed by atoms with Gasteiger partial charge in [-0.3, -0.25) is 9.97 Å². The smallest absolute Gasteiger partial charge is 0.0706 e. The Balaban J connectivity index is 1.76. The number of aryl methyl sites for hydroxylation is 1. The number of hydrogen-bond donors (Lipinski definition) is 1. The maximum Gasteiger partial charge on any atom is 0.0706 e. The molecule has 0 unspecified atom stereocenters. The number of nitrogens with zero attached hydrogens (tertiary/aromatic N) is 2. The number of fused-ring (bicyclic) bond motifs is 1. The summed E-state index contributed by atoms with van der Waals surface area (Å²) in [5.41, 5.74) is 4.10. The fourth-order valence-electron chi connectivity index (χ4n) is 1.97. The Labute approximate surface area is 112 Å². The minimum atomic E-state index is 0.704. The molecule has 0 amide bonds. The highest BCUT2D eigenvalue weighted by Gasteiger charge is 1.98. The fraction of sp³-hybridized carbons (Fsp3) is 0.125.